The van der Waals surface area contributed by atoms with Gasteiger partial charge in [0, 0.05) is 17.5 Å². The van der Waals surface area contributed by atoms with Gasteiger partial charge in [0.2, 0.25) is 0 Å². The van der Waals surface area contributed by atoms with E-state index in [1.165, 1.54) is 19.2 Å². The summed E-state index contributed by atoms with van der Waals surface area (Å²) in [6.07, 6.45) is 4.91. The molecule has 0 amide bonds. The molecule has 0 spiro atoms. The number of nitrogens with zero attached hydrogens (tertiary/aromatic N) is 1. The molecule has 2 aromatic rings. The van der Waals surface area contributed by atoms with Crippen molar-refractivity contribution in [3.05, 3.63) is 75.6 Å². The van der Waals surface area contributed by atoms with Crippen LogP contribution >= 0.6 is 0 Å². The van der Waals surface area contributed by atoms with Gasteiger partial charge in [-0.15, -0.1) is 0 Å². The van der Waals surface area contributed by atoms with Crippen LogP contribution in [0.5, 0.6) is 5.75 Å². The highest BCUT2D eigenvalue weighted by Gasteiger charge is 2.40. The normalized spacial score (nSPS) is 23.5. The number of nitrogens with one attached hydrogen (secondary N) is 1. The number of ether oxygens (including phenoxy) is 1. The summed E-state index contributed by atoms with van der Waals surface area (Å²) in [5, 5.41) is 14.6. The third kappa shape index (κ3) is 2.45. The minimum absolute atomic E-state index is 0.000733. The summed E-state index contributed by atoms with van der Waals surface area (Å²) in [4.78, 5) is 10.8. The van der Waals surface area contributed by atoms with Crippen molar-refractivity contribution >= 4 is 11.4 Å². The van der Waals surface area contributed by atoms with Gasteiger partial charge in [-0.2, -0.15) is 0 Å². The molecule has 0 radical (unpaired) electrons. The lowest BCUT2D eigenvalue weighted by molar-refractivity contribution is -0.385. The van der Waals surface area contributed by atoms with Crippen LogP contribution in [-0.2, 0) is 0 Å². The van der Waals surface area contributed by atoms with Crippen molar-refractivity contribution in [2.45, 2.75) is 18.4 Å². The number of rotatable bonds is 3. The Morgan fingerprint density at radius 3 is 2.80 bits per heavy atom. The molecule has 2 aromatic carbocycles. The zero-order valence-corrected chi connectivity index (χ0v) is 13.6. The van der Waals surface area contributed by atoms with Gasteiger partial charge < -0.3 is 10.1 Å². The molecule has 0 unspecified atom stereocenters. The van der Waals surface area contributed by atoms with E-state index in [1.54, 1.807) is 18.2 Å². The monoisotopic (exact) mass is 340 g/mol. The minimum Gasteiger partial charge on any atom is -0.494 e. The van der Waals surface area contributed by atoms with Crippen molar-refractivity contribution in [1.82, 2.24) is 0 Å². The molecule has 1 heterocycles. The topological polar surface area (TPSA) is 64.4 Å². The maximum Gasteiger partial charge on any atom is 0.273 e. The number of methoxy groups -OCH3 is 1. The van der Waals surface area contributed by atoms with Crippen molar-refractivity contribution in [2.24, 2.45) is 5.92 Å². The molecule has 1 aliphatic carbocycles. The maximum absolute atomic E-state index is 14.4. The Bertz CT molecular complexity index is 881. The lowest BCUT2D eigenvalue weighted by atomic mass is 9.76. The molecule has 3 atom stereocenters. The van der Waals surface area contributed by atoms with Gasteiger partial charge in [-0.25, -0.2) is 4.39 Å². The number of nitro groups is 1. The van der Waals surface area contributed by atoms with Crippen LogP contribution in [0.1, 0.15) is 29.5 Å². The maximum atomic E-state index is 14.4. The largest absolute Gasteiger partial charge is 0.494 e. The van der Waals surface area contributed by atoms with E-state index >= 15 is 0 Å². The van der Waals surface area contributed by atoms with E-state index in [2.05, 4.69) is 17.5 Å². The Morgan fingerprint density at radius 2 is 2.08 bits per heavy atom. The molecule has 1 N–H and O–H groups in total. The Labute approximate surface area is 144 Å². The van der Waals surface area contributed by atoms with Crippen LogP contribution in [-0.4, -0.2) is 12.0 Å². The lowest BCUT2D eigenvalue weighted by Crippen LogP contribution is -2.30. The first-order valence-corrected chi connectivity index (χ1v) is 8.14. The zero-order chi connectivity index (χ0) is 17.6. The van der Waals surface area contributed by atoms with E-state index in [0.29, 0.717) is 17.0 Å². The first-order valence-electron chi connectivity index (χ1n) is 8.14. The number of non-ortho nitro benzene ring substituents is 1. The molecular weight excluding hydrogens is 323 g/mol. The van der Waals surface area contributed by atoms with Crippen LogP contribution in [0, 0.1) is 21.8 Å². The number of anilines is 1. The van der Waals surface area contributed by atoms with Gasteiger partial charge in [0.25, 0.3) is 5.69 Å². The van der Waals surface area contributed by atoms with Crippen LogP contribution in [0.2, 0.25) is 0 Å². The minimum atomic E-state index is -0.417. The summed E-state index contributed by atoms with van der Waals surface area (Å²) in [5.41, 5.74) is 2.14. The van der Waals surface area contributed by atoms with E-state index < -0.39 is 4.92 Å². The summed E-state index contributed by atoms with van der Waals surface area (Å²) in [6, 6.07) is 9.51. The third-order valence-corrected chi connectivity index (χ3v) is 5.09. The van der Waals surface area contributed by atoms with E-state index in [1.807, 2.05) is 6.07 Å². The molecule has 0 bridgehead atoms. The fourth-order valence-electron chi connectivity index (χ4n) is 3.95. The lowest BCUT2D eigenvalue weighted by Gasteiger charge is -2.38. The molecule has 6 heteroatoms. The summed E-state index contributed by atoms with van der Waals surface area (Å²) >= 11 is 0. The van der Waals surface area contributed by atoms with Crippen LogP contribution in [0.3, 0.4) is 0 Å². The second kappa shape index (κ2) is 5.88. The molecule has 0 saturated carbocycles. The first-order chi connectivity index (χ1) is 12.1. The number of nitro benzene ring substituents is 1. The smallest absolute Gasteiger partial charge is 0.273 e. The van der Waals surface area contributed by atoms with Gasteiger partial charge >= 0.3 is 0 Å². The number of hydrogen-bond donors (Lipinski definition) is 1. The number of allylic oxidation sites excluding steroid dienone is 2. The number of benzene rings is 2. The van der Waals surface area contributed by atoms with Crippen LogP contribution < -0.4 is 10.1 Å². The molecule has 4 rings (SSSR count). The van der Waals surface area contributed by atoms with E-state index in [-0.39, 0.29) is 29.4 Å². The van der Waals surface area contributed by atoms with Crippen LogP contribution in [0.15, 0.2) is 48.6 Å². The highest BCUT2D eigenvalue weighted by Crippen LogP contribution is 2.53. The number of hydrogen-bond acceptors (Lipinski definition) is 4. The fraction of sp³-hybridized carbons (Fsp3) is 0.263. The molecule has 5 nitrogen and oxygen atoms in total. The number of fused-ring (bicyclic) bond motifs is 3. The molecule has 1 aliphatic heterocycles. The summed E-state index contributed by atoms with van der Waals surface area (Å²) in [5.74, 6) is 0.255. The highest BCUT2D eigenvalue weighted by molar-refractivity contribution is 5.71. The first kappa shape index (κ1) is 15.6. The van der Waals surface area contributed by atoms with Crippen LogP contribution in [0.4, 0.5) is 15.8 Å². The summed E-state index contributed by atoms with van der Waals surface area (Å²) in [7, 11) is 1.48. The van der Waals surface area contributed by atoms with Crippen LogP contribution in [0.25, 0.3) is 0 Å². The zero-order valence-electron chi connectivity index (χ0n) is 13.6. The second-order valence-corrected chi connectivity index (χ2v) is 6.37. The number of halogens is 1. The van der Waals surface area contributed by atoms with E-state index in [9.17, 15) is 14.5 Å². The predicted octanol–water partition coefficient (Wildman–Crippen LogP) is 4.57. The second-order valence-electron chi connectivity index (χ2n) is 6.37. The Morgan fingerprint density at radius 1 is 1.28 bits per heavy atom. The Kier molecular flexibility index (Phi) is 3.67. The molecule has 0 aromatic heterocycles. The fourth-order valence-corrected chi connectivity index (χ4v) is 3.95. The van der Waals surface area contributed by atoms with E-state index in [0.717, 1.165) is 12.0 Å². The van der Waals surface area contributed by atoms with Crippen molar-refractivity contribution in [1.29, 1.82) is 0 Å². The van der Waals surface area contributed by atoms with Crippen molar-refractivity contribution in [3.8, 4) is 5.75 Å². The van der Waals surface area contributed by atoms with Gasteiger partial charge in [-0.1, -0.05) is 30.4 Å². The third-order valence-electron chi connectivity index (χ3n) is 5.09. The molecule has 0 fully saturated rings. The average Bonchev–Trinajstić information content (AvgIpc) is 3.10. The van der Waals surface area contributed by atoms with E-state index in [4.69, 9.17) is 4.74 Å². The Hall–Kier alpha value is -2.89. The Balaban J connectivity index is 1.87. The highest BCUT2D eigenvalue weighted by atomic mass is 19.1. The van der Waals surface area contributed by atoms with Gasteiger partial charge in [0.15, 0.2) is 0 Å². The average molecular weight is 340 g/mol. The van der Waals surface area contributed by atoms with Gasteiger partial charge in [-0.3, -0.25) is 10.1 Å². The van der Waals surface area contributed by atoms with Gasteiger partial charge in [0.1, 0.15) is 11.6 Å². The van der Waals surface area contributed by atoms with Gasteiger partial charge in [-0.05, 0) is 24.0 Å². The quantitative estimate of drug-likeness (QED) is 0.505. The SMILES string of the molecule is COc1cc([N+](=O)[O-])cc2c1N[C@H](c1ccccc1F)[C@@H]1CC=C[C@@H]21. The predicted molar refractivity (Wildman–Crippen MR) is 92.4 cm³/mol. The standard InChI is InChI=1S/C19H17FN2O3/c1-25-17-10-11(22(23)24)9-15-12-6-4-7-13(12)18(21-19(15)17)14-5-2-3-8-16(14)20/h2-6,8-10,12-13,18,21H,7H2,1H3/t12-,13-,18+/m1/s1. The van der Waals surface area contributed by atoms with Crippen molar-refractivity contribution in [2.75, 3.05) is 12.4 Å². The molecule has 0 saturated heterocycles. The van der Waals surface area contributed by atoms with Crippen molar-refractivity contribution < 1.29 is 14.1 Å². The van der Waals surface area contributed by atoms with Crippen molar-refractivity contribution in [3.63, 3.8) is 0 Å². The molecular formula is C19H17FN2O3. The molecule has 2 aliphatic rings. The summed E-state index contributed by atoms with van der Waals surface area (Å²) in [6.45, 7) is 0. The van der Waals surface area contributed by atoms with Gasteiger partial charge in [0.05, 0.1) is 29.8 Å². The molecule has 128 valence electrons. The summed E-state index contributed by atoms with van der Waals surface area (Å²) < 4.78 is 19.8. The molecule has 25 heavy (non-hydrogen) atoms.